The van der Waals surface area contributed by atoms with Crippen molar-refractivity contribution in [3.05, 3.63) is 46.5 Å². The molecule has 0 aliphatic heterocycles. The summed E-state index contributed by atoms with van der Waals surface area (Å²) in [5, 5.41) is 4.68. The molecule has 0 radical (unpaired) electrons. The van der Waals surface area contributed by atoms with E-state index in [4.69, 9.17) is 22.1 Å². The lowest BCUT2D eigenvalue weighted by molar-refractivity contribution is 0.386. The van der Waals surface area contributed by atoms with Gasteiger partial charge in [-0.15, -0.1) is 0 Å². The Kier molecular flexibility index (Phi) is 4.62. The third-order valence-electron chi connectivity index (χ3n) is 3.10. The van der Waals surface area contributed by atoms with Crippen molar-refractivity contribution < 1.29 is 9.13 Å². The topological polar surface area (TPSA) is 53.1 Å². The molecule has 1 aromatic heterocycles. The van der Waals surface area contributed by atoms with Crippen molar-refractivity contribution in [1.82, 2.24) is 9.78 Å². The van der Waals surface area contributed by atoms with Crippen molar-refractivity contribution >= 4 is 11.6 Å². The van der Waals surface area contributed by atoms with Gasteiger partial charge in [0.2, 0.25) is 0 Å². The first-order valence-electron chi connectivity index (χ1n) is 6.38. The minimum absolute atomic E-state index is 0.189. The minimum atomic E-state index is -0.531. The first-order chi connectivity index (χ1) is 9.58. The van der Waals surface area contributed by atoms with E-state index in [9.17, 15) is 4.39 Å². The fourth-order valence-electron chi connectivity index (χ4n) is 2.11. The average Bonchev–Trinajstić information content (AvgIpc) is 2.79. The van der Waals surface area contributed by atoms with E-state index in [0.717, 1.165) is 6.42 Å². The molecule has 0 saturated carbocycles. The number of ether oxygens (including phenoxy) is 1. The largest absolute Gasteiger partial charge is 0.494 e. The maximum atomic E-state index is 13.8. The van der Waals surface area contributed by atoms with Crippen LogP contribution in [0.3, 0.4) is 0 Å². The molecular weight excluding hydrogens is 281 g/mol. The number of rotatable bonds is 5. The normalized spacial score (nSPS) is 12.4. The summed E-state index contributed by atoms with van der Waals surface area (Å²) in [5.74, 6) is -0.257. The molecule has 0 spiro atoms. The smallest absolute Gasteiger partial charge is 0.165 e. The van der Waals surface area contributed by atoms with Crippen LogP contribution < -0.4 is 10.5 Å². The van der Waals surface area contributed by atoms with Crippen LogP contribution >= 0.6 is 11.6 Å². The molecule has 1 aromatic carbocycles. The molecule has 2 rings (SSSR count). The van der Waals surface area contributed by atoms with Gasteiger partial charge < -0.3 is 10.5 Å². The first-order valence-corrected chi connectivity index (χ1v) is 6.76. The monoisotopic (exact) mass is 297 g/mol. The van der Waals surface area contributed by atoms with E-state index >= 15 is 0 Å². The van der Waals surface area contributed by atoms with Crippen LogP contribution in [-0.4, -0.2) is 16.9 Å². The van der Waals surface area contributed by atoms with Gasteiger partial charge in [-0.2, -0.15) is 5.10 Å². The zero-order valence-corrected chi connectivity index (χ0v) is 12.2. The van der Waals surface area contributed by atoms with E-state index in [-0.39, 0.29) is 5.75 Å². The summed E-state index contributed by atoms with van der Waals surface area (Å²) in [5.41, 5.74) is 7.52. The van der Waals surface area contributed by atoms with E-state index < -0.39 is 11.9 Å². The predicted molar refractivity (Wildman–Crippen MR) is 76.5 cm³/mol. The summed E-state index contributed by atoms with van der Waals surface area (Å²) in [6.45, 7) is 2.76. The number of hydrogen-bond donors (Lipinski definition) is 1. The molecule has 0 aliphatic rings. The Morgan fingerprint density at radius 3 is 2.85 bits per heavy atom. The number of nitrogens with two attached hydrogens (primary N) is 1. The highest BCUT2D eigenvalue weighted by atomic mass is 35.5. The SMILES string of the molecule is CCCn1ncc(Cl)c1C(N)c1ccc(OC)c(F)c1. The van der Waals surface area contributed by atoms with Gasteiger partial charge in [0.15, 0.2) is 11.6 Å². The molecule has 0 aliphatic carbocycles. The number of halogens is 2. The molecule has 0 amide bonds. The van der Waals surface area contributed by atoms with Crippen molar-refractivity contribution in [3.63, 3.8) is 0 Å². The zero-order valence-electron chi connectivity index (χ0n) is 11.4. The van der Waals surface area contributed by atoms with Gasteiger partial charge in [0.1, 0.15) is 0 Å². The Balaban J connectivity index is 2.38. The van der Waals surface area contributed by atoms with Crippen molar-refractivity contribution in [2.75, 3.05) is 7.11 Å². The van der Waals surface area contributed by atoms with Crippen LogP contribution in [-0.2, 0) is 6.54 Å². The van der Waals surface area contributed by atoms with Gasteiger partial charge in [0.25, 0.3) is 0 Å². The lowest BCUT2D eigenvalue weighted by Gasteiger charge is -2.16. The lowest BCUT2D eigenvalue weighted by atomic mass is 10.0. The molecule has 6 heteroatoms. The van der Waals surface area contributed by atoms with E-state index in [1.807, 2.05) is 6.92 Å². The Morgan fingerprint density at radius 1 is 1.50 bits per heavy atom. The van der Waals surface area contributed by atoms with E-state index in [0.29, 0.717) is 22.8 Å². The molecule has 1 heterocycles. The van der Waals surface area contributed by atoms with Gasteiger partial charge in [0, 0.05) is 6.54 Å². The Hall–Kier alpha value is -1.59. The average molecular weight is 298 g/mol. The summed E-state index contributed by atoms with van der Waals surface area (Å²) in [7, 11) is 1.42. The third kappa shape index (κ3) is 2.78. The van der Waals surface area contributed by atoms with Crippen molar-refractivity contribution in [2.45, 2.75) is 25.9 Å². The molecular formula is C14H17ClFN3O. The summed E-state index contributed by atoms with van der Waals surface area (Å²) in [6.07, 6.45) is 2.47. The molecule has 0 saturated heterocycles. The number of aromatic nitrogens is 2. The van der Waals surface area contributed by atoms with Crippen LogP contribution in [0.1, 0.15) is 30.6 Å². The van der Waals surface area contributed by atoms with Crippen molar-refractivity contribution in [1.29, 1.82) is 0 Å². The minimum Gasteiger partial charge on any atom is -0.494 e. The standard InChI is InChI=1S/C14H17ClFN3O/c1-3-6-19-14(10(15)8-18-19)13(17)9-4-5-12(20-2)11(16)7-9/h4-5,7-8,13H,3,6,17H2,1-2H3. The second-order valence-electron chi connectivity index (χ2n) is 4.47. The van der Waals surface area contributed by atoms with Crippen LogP contribution in [0.25, 0.3) is 0 Å². The summed E-state index contributed by atoms with van der Waals surface area (Å²) in [4.78, 5) is 0. The van der Waals surface area contributed by atoms with Crippen LogP contribution in [0.5, 0.6) is 5.75 Å². The second-order valence-corrected chi connectivity index (χ2v) is 4.88. The highest BCUT2D eigenvalue weighted by Crippen LogP contribution is 2.29. The van der Waals surface area contributed by atoms with Gasteiger partial charge >= 0.3 is 0 Å². The maximum absolute atomic E-state index is 13.8. The van der Waals surface area contributed by atoms with Gasteiger partial charge in [-0.05, 0) is 24.1 Å². The summed E-state index contributed by atoms with van der Waals surface area (Å²) in [6, 6.07) is 4.12. The molecule has 1 unspecified atom stereocenters. The first kappa shape index (κ1) is 14.8. The quantitative estimate of drug-likeness (QED) is 0.922. The number of benzene rings is 1. The van der Waals surface area contributed by atoms with Gasteiger partial charge in [-0.1, -0.05) is 24.6 Å². The molecule has 0 bridgehead atoms. The number of methoxy groups -OCH3 is 1. The van der Waals surface area contributed by atoms with Crippen molar-refractivity contribution in [3.8, 4) is 5.75 Å². The fraction of sp³-hybridized carbons (Fsp3) is 0.357. The molecule has 108 valence electrons. The molecule has 2 aromatic rings. The van der Waals surface area contributed by atoms with Crippen LogP contribution in [0.2, 0.25) is 5.02 Å². The Labute approximate surface area is 122 Å². The van der Waals surface area contributed by atoms with E-state index in [1.54, 1.807) is 23.0 Å². The highest BCUT2D eigenvalue weighted by molar-refractivity contribution is 6.31. The van der Waals surface area contributed by atoms with E-state index in [1.165, 1.54) is 13.2 Å². The van der Waals surface area contributed by atoms with E-state index in [2.05, 4.69) is 5.10 Å². The fourth-order valence-corrected chi connectivity index (χ4v) is 2.36. The third-order valence-corrected chi connectivity index (χ3v) is 3.39. The molecule has 2 N–H and O–H groups in total. The van der Waals surface area contributed by atoms with Crippen LogP contribution in [0.15, 0.2) is 24.4 Å². The Morgan fingerprint density at radius 2 is 2.25 bits per heavy atom. The van der Waals surface area contributed by atoms with Crippen LogP contribution in [0, 0.1) is 5.82 Å². The second kappa shape index (κ2) is 6.24. The lowest BCUT2D eigenvalue weighted by Crippen LogP contribution is -2.18. The number of aryl methyl sites for hydroxylation is 1. The number of hydrogen-bond acceptors (Lipinski definition) is 3. The summed E-state index contributed by atoms with van der Waals surface area (Å²) >= 11 is 6.14. The van der Waals surface area contributed by atoms with Crippen molar-refractivity contribution in [2.24, 2.45) is 5.73 Å². The molecule has 4 nitrogen and oxygen atoms in total. The zero-order chi connectivity index (χ0) is 14.7. The molecule has 1 atom stereocenters. The Bertz CT molecular complexity index is 600. The molecule has 20 heavy (non-hydrogen) atoms. The van der Waals surface area contributed by atoms with Gasteiger partial charge in [-0.3, -0.25) is 4.68 Å². The summed E-state index contributed by atoms with van der Waals surface area (Å²) < 4.78 is 20.4. The predicted octanol–water partition coefficient (Wildman–Crippen LogP) is 3.14. The molecule has 0 fully saturated rings. The van der Waals surface area contributed by atoms with Gasteiger partial charge in [0.05, 0.1) is 30.1 Å². The number of nitrogens with zero attached hydrogens (tertiary/aromatic N) is 2. The van der Waals surface area contributed by atoms with Crippen LogP contribution in [0.4, 0.5) is 4.39 Å². The van der Waals surface area contributed by atoms with Gasteiger partial charge in [-0.25, -0.2) is 4.39 Å². The highest BCUT2D eigenvalue weighted by Gasteiger charge is 2.19. The maximum Gasteiger partial charge on any atom is 0.165 e.